The van der Waals surface area contributed by atoms with Gasteiger partial charge in [0.1, 0.15) is 5.78 Å². The first kappa shape index (κ1) is 26.8. The van der Waals surface area contributed by atoms with E-state index in [0.717, 1.165) is 25.2 Å². The third-order valence-electron chi connectivity index (χ3n) is 3.98. The second-order valence-electron chi connectivity index (χ2n) is 6.74. The van der Waals surface area contributed by atoms with Crippen LogP contribution in [0, 0.1) is 5.92 Å². The topological polar surface area (TPSA) is 80.7 Å². The average molecular weight is 374 g/mol. The van der Waals surface area contributed by atoms with Crippen LogP contribution in [0.3, 0.4) is 0 Å². The molecule has 0 heterocycles. The summed E-state index contributed by atoms with van der Waals surface area (Å²) in [7, 11) is -3.94. The molecule has 0 aliphatic rings. The molecule has 0 saturated carbocycles. The number of carbonyl (C=O) groups excluding carboxylic acids is 1. The SMILES string of the molecule is CC(C)CCCCCCCCCCCC(=O)CCS(=O)(=O)OO.[Na]. The Labute approximate surface area is 170 Å². The van der Waals surface area contributed by atoms with E-state index >= 15 is 0 Å². The fourth-order valence-corrected chi connectivity index (χ4v) is 3.07. The predicted molar refractivity (Wildman–Crippen MR) is 98.5 cm³/mol. The average Bonchev–Trinajstić information content (AvgIpc) is 2.50. The molecule has 7 heteroatoms. The van der Waals surface area contributed by atoms with Crippen LogP contribution >= 0.6 is 0 Å². The summed E-state index contributed by atoms with van der Waals surface area (Å²) in [5, 5.41) is 8.10. The minimum Gasteiger partial charge on any atom is -0.300 e. The fraction of sp³-hybridized carbons (Fsp3) is 0.941. The molecule has 0 aromatic carbocycles. The van der Waals surface area contributed by atoms with Crippen LogP contribution in [0.2, 0.25) is 0 Å². The van der Waals surface area contributed by atoms with Gasteiger partial charge >= 0.3 is 0 Å². The molecule has 0 unspecified atom stereocenters. The minimum atomic E-state index is -3.94. The molecule has 0 bridgehead atoms. The van der Waals surface area contributed by atoms with Gasteiger partial charge in [0.05, 0.1) is 5.75 Å². The number of hydrogen-bond donors (Lipinski definition) is 1. The van der Waals surface area contributed by atoms with Crippen LogP contribution in [0.1, 0.15) is 90.9 Å². The Morgan fingerprint density at radius 1 is 0.875 bits per heavy atom. The summed E-state index contributed by atoms with van der Waals surface area (Å²) in [6.07, 6.45) is 12.4. The van der Waals surface area contributed by atoms with Crippen molar-refractivity contribution in [2.45, 2.75) is 90.9 Å². The van der Waals surface area contributed by atoms with Crippen molar-refractivity contribution >= 4 is 45.5 Å². The number of Topliss-reactive ketones (excluding diaryl/α,β-unsaturated/α-hetero) is 1. The van der Waals surface area contributed by atoms with Gasteiger partial charge in [0.15, 0.2) is 0 Å². The van der Waals surface area contributed by atoms with Gasteiger partial charge in [-0.25, -0.2) is 5.26 Å². The van der Waals surface area contributed by atoms with Crippen LogP contribution in [0.15, 0.2) is 0 Å². The Kier molecular flexibility index (Phi) is 18.9. The maximum Gasteiger partial charge on any atom is 0.293 e. The normalized spacial score (nSPS) is 11.5. The molecule has 0 aliphatic carbocycles. The second-order valence-corrected chi connectivity index (χ2v) is 8.41. The zero-order valence-corrected chi connectivity index (χ0v) is 18.6. The molecule has 0 rings (SSSR count). The van der Waals surface area contributed by atoms with Gasteiger partial charge in [0.2, 0.25) is 0 Å². The van der Waals surface area contributed by atoms with Gasteiger partial charge in [0.25, 0.3) is 10.1 Å². The van der Waals surface area contributed by atoms with Gasteiger partial charge in [-0.1, -0.05) is 71.6 Å². The van der Waals surface area contributed by atoms with Gasteiger partial charge in [-0.15, -0.1) is 4.33 Å². The van der Waals surface area contributed by atoms with E-state index in [0.29, 0.717) is 6.42 Å². The molecule has 0 aromatic heterocycles. The van der Waals surface area contributed by atoms with Gasteiger partial charge < -0.3 is 0 Å². The van der Waals surface area contributed by atoms with Crippen LogP contribution in [0.25, 0.3) is 0 Å². The van der Waals surface area contributed by atoms with Crippen molar-refractivity contribution in [2.75, 3.05) is 5.75 Å². The largest absolute Gasteiger partial charge is 0.300 e. The second kappa shape index (κ2) is 17.0. The molecule has 1 N–H and O–H groups in total. The summed E-state index contributed by atoms with van der Waals surface area (Å²) in [5.74, 6) is 0.281. The first-order valence-electron chi connectivity index (χ1n) is 8.95. The molecule has 0 atom stereocenters. The third kappa shape index (κ3) is 18.9. The van der Waals surface area contributed by atoms with Crippen molar-refractivity contribution < 1.29 is 22.8 Å². The number of hydrogen-bond acceptors (Lipinski definition) is 5. The molecular weight excluding hydrogens is 339 g/mol. The monoisotopic (exact) mass is 373 g/mol. The third-order valence-corrected chi connectivity index (χ3v) is 4.91. The molecule has 5 nitrogen and oxygen atoms in total. The van der Waals surface area contributed by atoms with Crippen molar-refractivity contribution in [3.05, 3.63) is 0 Å². The van der Waals surface area contributed by atoms with Crippen LogP contribution in [0.4, 0.5) is 0 Å². The predicted octanol–water partition coefficient (Wildman–Crippen LogP) is 4.33. The summed E-state index contributed by atoms with van der Waals surface area (Å²) in [6.45, 7) is 4.54. The molecule has 0 spiro atoms. The van der Waals surface area contributed by atoms with Gasteiger partial charge in [-0.2, -0.15) is 8.42 Å². The number of carbonyl (C=O) groups is 1. The molecule has 139 valence electrons. The fourth-order valence-electron chi connectivity index (χ4n) is 2.51. The van der Waals surface area contributed by atoms with Crippen molar-refractivity contribution in [3.8, 4) is 0 Å². The standard InChI is InChI=1S/C17H34O5S.Na/c1-16(2)12-10-8-6-4-3-5-7-9-11-13-17(18)14-15-23(20,21)22-19;/h16,19H,3-15H2,1-2H3;. The van der Waals surface area contributed by atoms with Gasteiger partial charge in [-0.3, -0.25) is 4.79 Å². The van der Waals surface area contributed by atoms with E-state index in [2.05, 4.69) is 18.2 Å². The first-order valence-corrected chi connectivity index (χ1v) is 10.5. The molecule has 0 fully saturated rings. The molecule has 0 aromatic rings. The van der Waals surface area contributed by atoms with Crippen molar-refractivity contribution in [1.82, 2.24) is 0 Å². The number of unbranched alkanes of at least 4 members (excludes halogenated alkanes) is 8. The van der Waals surface area contributed by atoms with Crippen molar-refractivity contribution in [1.29, 1.82) is 0 Å². The van der Waals surface area contributed by atoms with E-state index in [1.165, 1.54) is 44.9 Å². The molecule has 24 heavy (non-hydrogen) atoms. The Hall–Kier alpha value is 0.540. The summed E-state index contributed by atoms with van der Waals surface area (Å²) in [5.41, 5.74) is 0. The van der Waals surface area contributed by atoms with Crippen LogP contribution in [0.5, 0.6) is 0 Å². The van der Waals surface area contributed by atoms with Crippen LogP contribution in [-0.2, 0) is 19.2 Å². The zero-order chi connectivity index (χ0) is 17.6. The first-order chi connectivity index (χ1) is 10.9. The Balaban J connectivity index is 0. The van der Waals surface area contributed by atoms with Crippen LogP contribution in [-0.4, -0.2) is 54.8 Å². The minimum absolute atomic E-state index is 0. The summed E-state index contributed by atoms with van der Waals surface area (Å²) in [6, 6.07) is 0. The molecule has 0 saturated heterocycles. The Morgan fingerprint density at radius 2 is 1.33 bits per heavy atom. The van der Waals surface area contributed by atoms with E-state index in [1.807, 2.05) is 0 Å². The maximum absolute atomic E-state index is 11.5. The van der Waals surface area contributed by atoms with Gasteiger partial charge in [-0.05, 0) is 12.3 Å². The van der Waals surface area contributed by atoms with Crippen molar-refractivity contribution in [3.63, 3.8) is 0 Å². The number of rotatable bonds is 16. The molecule has 0 amide bonds. The van der Waals surface area contributed by atoms with E-state index in [-0.39, 0.29) is 41.8 Å². The van der Waals surface area contributed by atoms with Gasteiger partial charge in [0, 0.05) is 42.4 Å². The maximum atomic E-state index is 11.5. The number of ketones is 1. The Bertz CT molecular complexity index is 396. The smallest absolute Gasteiger partial charge is 0.293 e. The van der Waals surface area contributed by atoms with E-state index in [4.69, 9.17) is 5.26 Å². The molecular formula is C17H34NaO5S. The van der Waals surface area contributed by atoms with Crippen LogP contribution < -0.4 is 0 Å². The summed E-state index contributed by atoms with van der Waals surface area (Å²) in [4.78, 5) is 11.5. The molecule has 1 radical (unpaired) electrons. The molecule has 0 aliphatic heterocycles. The summed E-state index contributed by atoms with van der Waals surface area (Å²) < 4.78 is 25.0. The Morgan fingerprint density at radius 3 is 1.79 bits per heavy atom. The van der Waals surface area contributed by atoms with E-state index in [9.17, 15) is 13.2 Å². The van der Waals surface area contributed by atoms with Crippen molar-refractivity contribution in [2.24, 2.45) is 5.92 Å². The summed E-state index contributed by atoms with van der Waals surface area (Å²) >= 11 is 0. The van der Waals surface area contributed by atoms with E-state index < -0.39 is 15.9 Å². The zero-order valence-electron chi connectivity index (χ0n) is 15.8. The quantitative estimate of drug-likeness (QED) is 0.188. The van der Waals surface area contributed by atoms with E-state index in [1.54, 1.807) is 0 Å².